The predicted molar refractivity (Wildman–Crippen MR) is 87.8 cm³/mol. The molecule has 3 nitrogen and oxygen atoms in total. The standard InChI is InChI=1S/C15H23N3S/c1-6-13(10(2)3)17-18-15(19)16-14-8-7-11(4)9-12(14)5/h7-10H,6H2,1-5H3,(H2,16,18,19)/b17-13-. The summed E-state index contributed by atoms with van der Waals surface area (Å²) in [5.41, 5.74) is 7.46. The smallest absolute Gasteiger partial charge is 0.191 e. The molecule has 0 unspecified atom stereocenters. The lowest BCUT2D eigenvalue weighted by Gasteiger charge is -2.12. The van der Waals surface area contributed by atoms with Gasteiger partial charge in [0.1, 0.15) is 0 Å². The maximum absolute atomic E-state index is 5.25. The van der Waals surface area contributed by atoms with Gasteiger partial charge >= 0.3 is 0 Å². The van der Waals surface area contributed by atoms with Gasteiger partial charge in [-0.15, -0.1) is 0 Å². The highest BCUT2D eigenvalue weighted by atomic mass is 32.1. The second kappa shape index (κ2) is 7.24. The molecule has 0 aliphatic rings. The molecule has 0 heterocycles. The van der Waals surface area contributed by atoms with Crippen LogP contribution < -0.4 is 10.7 Å². The van der Waals surface area contributed by atoms with Crippen LogP contribution in [-0.2, 0) is 0 Å². The fourth-order valence-electron chi connectivity index (χ4n) is 1.84. The van der Waals surface area contributed by atoms with Gasteiger partial charge in [-0.25, -0.2) is 0 Å². The van der Waals surface area contributed by atoms with Gasteiger partial charge in [0.15, 0.2) is 5.11 Å². The lowest BCUT2D eigenvalue weighted by atomic mass is 10.1. The number of hydrogen-bond acceptors (Lipinski definition) is 2. The molecule has 0 spiro atoms. The van der Waals surface area contributed by atoms with Crippen LogP contribution in [0.5, 0.6) is 0 Å². The number of benzene rings is 1. The van der Waals surface area contributed by atoms with E-state index < -0.39 is 0 Å². The van der Waals surface area contributed by atoms with Gasteiger partial charge in [-0.2, -0.15) is 5.10 Å². The minimum atomic E-state index is 0.432. The summed E-state index contributed by atoms with van der Waals surface area (Å²) >= 11 is 5.25. The molecule has 19 heavy (non-hydrogen) atoms. The largest absolute Gasteiger partial charge is 0.331 e. The van der Waals surface area contributed by atoms with Crippen molar-refractivity contribution < 1.29 is 0 Å². The zero-order valence-corrected chi connectivity index (χ0v) is 13.2. The molecular formula is C15H23N3S. The van der Waals surface area contributed by atoms with E-state index in [1.165, 1.54) is 11.1 Å². The zero-order chi connectivity index (χ0) is 14.4. The zero-order valence-electron chi connectivity index (χ0n) is 12.4. The van der Waals surface area contributed by atoms with Gasteiger partial charge in [0, 0.05) is 11.4 Å². The Hall–Kier alpha value is -1.42. The summed E-state index contributed by atoms with van der Waals surface area (Å²) in [5.74, 6) is 0.432. The van der Waals surface area contributed by atoms with Crippen LogP contribution in [0.15, 0.2) is 23.3 Å². The van der Waals surface area contributed by atoms with Crippen molar-refractivity contribution in [2.24, 2.45) is 11.0 Å². The molecule has 0 fully saturated rings. The van der Waals surface area contributed by atoms with Crippen molar-refractivity contribution in [2.75, 3.05) is 5.32 Å². The second-order valence-corrected chi connectivity index (χ2v) is 5.40. The lowest BCUT2D eigenvalue weighted by Crippen LogP contribution is -2.26. The normalized spacial score (nSPS) is 11.6. The van der Waals surface area contributed by atoms with Crippen molar-refractivity contribution >= 4 is 28.7 Å². The van der Waals surface area contributed by atoms with Crippen LogP contribution in [0.3, 0.4) is 0 Å². The molecule has 0 bridgehead atoms. The Labute approximate surface area is 121 Å². The summed E-state index contributed by atoms with van der Waals surface area (Å²) in [5, 5.41) is 8.04. The average molecular weight is 277 g/mol. The molecule has 0 atom stereocenters. The van der Waals surface area contributed by atoms with Crippen LogP contribution in [0.25, 0.3) is 0 Å². The molecule has 0 aliphatic carbocycles. The molecule has 104 valence electrons. The van der Waals surface area contributed by atoms with E-state index in [1.807, 2.05) is 6.07 Å². The summed E-state index contributed by atoms with van der Waals surface area (Å²) in [4.78, 5) is 0. The van der Waals surface area contributed by atoms with Crippen LogP contribution in [-0.4, -0.2) is 10.8 Å². The molecule has 2 N–H and O–H groups in total. The SMILES string of the molecule is CC/C(=N/NC(=S)Nc1ccc(C)cc1C)C(C)C. The third-order valence-corrected chi connectivity index (χ3v) is 3.15. The van der Waals surface area contributed by atoms with E-state index in [4.69, 9.17) is 12.2 Å². The fraction of sp³-hybridized carbons (Fsp3) is 0.467. The highest BCUT2D eigenvalue weighted by Crippen LogP contribution is 2.15. The first-order valence-corrected chi connectivity index (χ1v) is 7.05. The second-order valence-electron chi connectivity index (χ2n) is 5.00. The number of nitrogens with zero attached hydrogens (tertiary/aromatic N) is 1. The third kappa shape index (κ3) is 4.99. The molecule has 0 saturated carbocycles. The van der Waals surface area contributed by atoms with Gasteiger partial charge < -0.3 is 5.32 Å². The molecule has 1 aromatic rings. The molecular weight excluding hydrogens is 254 g/mol. The predicted octanol–water partition coefficient (Wildman–Crippen LogP) is 4.01. The number of thiocarbonyl (C=S) groups is 1. The van der Waals surface area contributed by atoms with Gasteiger partial charge in [-0.05, 0) is 50.0 Å². The molecule has 0 radical (unpaired) electrons. The Morgan fingerprint density at radius 3 is 2.53 bits per heavy atom. The van der Waals surface area contributed by atoms with E-state index in [1.54, 1.807) is 0 Å². The van der Waals surface area contributed by atoms with E-state index >= 15 is 0 Å². The molecule has 0 aliphatic heterocycles. The minimum absolute atomic E-state index is 0.432. The maximum Gasteiger partial charge on any atom is 0.191 e. The molecule has 0 aromatic heterocycles. The summed E-state index contributed by atoms with van der Waals surface area (Å²) in [7, 11) is 0. The van der Waals surface area contributed by atoms with E-state index in [2.05, 4.69) is 62.6 Å². The summed E-state index contributed by atoms with van der Waals surface area (Å²) in [6, 6.07) is 6.22. The average Bonchev–Trinajstić information content (AvgIpc) is 2.33. The van der Waals surface area contributed by atoms with Crippen molar-refractivity contribution in [3.63, 3.8) is 0 Å². The summed E-state index contributed by atoms with van der Waals surface area (Å²) < 4.78 is 0. The number of nitrogens with one attached hydrogen (secondary N) is 2. The highest BCUT2D eigenvalue weighted by Gasteiger charge is 2.04. The van der Waals surface area contributed by atoms with E-state index in [0.29, 0.717) is 11.0 Å². The van der Waals surface area contributed by atoms with Crippen molar-refractivity contribution in [3.05, 3.63) is 29.3 Å². The highest BCUT2D eigenvalue weighted by molar-refractivity contribution is 7.80. The Morgan fingerprint density at radius 1 is 1.32 bits per heavy atom. The molecule has 0 saturated heterocycles. The van der Waals surface area contributed by atoms with E-state index in [0.717, 1.165) is 17.8 Å². The quantitative estimate of drug-likeness (QED) is 0.496. The first-order valence-electron chi connectivity index (χ1n) is 6.64. The van der Waals surface area contributed by atoms with Crippen molar-refractivity contribution in [3.8, 4) is 0 Å². The minimum Gasteiger partial charge on any atom is -0.331 e. The van der Waals surface area contributed by atoms with Gasteiger partial charge in [-0.1, -0.05) is 38.5 Å². The van der Waals surface area contributed by atoms with E-state index in [-0.39, 0.29) is 0 Å². The summed E-state index contributed by atoms with van der Waals surface area (Å²) in [6.45, 7) is 10.5. The van der Waals surface area contributed by atoms with Gasteiger partial charge in [0.25, 0.3) is 0 Å². The third-order valence-electron chi connectivity index (χ3n) is 2.96. The maximum atomic E-state index is 5.25. The Balaban J connectivity index is 2.65. The van der Waals surface area contributed by atoms with Gasteiger partial charge in [0.05, 0.1) is 0 Å². The van der Waals surface area contributed by atoms with Gasteiger partial charge in [0.2, 0.25) is 0 Å². The van der Waals surface area contributed by atoms with E-state index in [9.17, 15) is 0 Å². The topological polar surface area (TPSA) is 36.4 Å². The monoisotopic (exact) mass is 277 g/mol. The molecule has 4 heteroatoms. The van der Waals surface area contributed by atoms with Crippen LogP contribution in [0.2, 0.25) is 0 Å². The molecule has 1 rings (SSSR count). The first-order chi connectivity index (χ1) is 8.93. The number of aryl methyl sites for hydroxylation is 2. The Morgan fingerprint density at radius 2 is 2.00 bits per heavy atom. The Kier molecular flexibility index (Phi) is 5.96. The van der Waals surface area contributed by atoms with Crippen molar-refractivity contribution in [2.45, 2.75) is 41.0 Å². The van der Waals surface area contributed by atoms with Crippen LogP contribution >= 0.6 is 12.2 Å². The summed E-state index contributed by atoms with van der Waals surface area (Å²) in [6.07, 6.45) is 0.927. The van der Waals surface area contributed by atoms with Crippen LogP contribution in [0.4, 0.5) is 5.69 Å². The van der Waals surface area contributed by atoms with Crippen LogP contribution in [0, 0.1) is 19.8 Å². The van der Waals surface area contributed by atoms with Gasteiger partial charge in [-0.3, -0.25) is 5.43 Å². The number of anilines is 1. The number of hydrazone groups is 1. The number of hydrogen-bond donors (Lipinski definition) is 2. The fourth-order valence-corrected chi connectivity index (χ4v) is 2.00. The van der Waals surface area contributed by atoms with Crippen molar-refractivity contribution in [1.82, 2.24) is 5.43 Å². The lowest BCUT2D eigenvalue weighted by molar-refractivity contribution is 0.833. The number of rotatable bonds is 4. The first kappa shape index (κ1) is 15.6. The molecule has 1 aromatic carbocycles. The molecule has 0 amide bonds. The van der Waals surface area contributed by atoms with Crippen molar-refractivity contribution in [1.29, 1.82) is 0 Å². The van der Waals surface area contributed by atoms with Crippen LogP contribution in [0.1, 0.15) is 38.3 Å². The Bertz CT molecular complexity index is 478.